The van der Waals surface area contributed by atoms with E-state index in [1.54, 1.807) is 0 Å². The van der Waals surface area contributed by atoms with Crippen LogP contribution in [0.3, 0.4) is 0 Å². The average molecular weight is 215 g/mol. The number of hydrogen-bond donors (Lipinski definition) is 2. The molecule has 0 atom stereocenters. The van der Waals surface area contributed by atoms with E-state index in [9.17, 15) is 5.11 Å². The second-order valence-electron chi connectivity index (χ2n) is 4.86. The minimum atomic E-state index is -0.557. The zero-order chi connectivity index (χ0) is 10.1. The molecule has 2 aliphatic rings. The van der Waals surface area contributed by atoms with Gasteiger partial charge in [0.05, 0.1) is 5.60 Å². The first kappa shape index (κ1) is 10.8. The Morgan fingerprint density at radius 2 is 1.50 bits per heavy atom. The maximum absolute atomic E-state index is 10.6. The predicted octanol–water partition coefficient (Wildman–Crippen LogP) is 1.91. The van der Waals surface area contributed by atoms with Crippen LogP contribution < -0.4 is 5.73 Å². The minimum absolute atomic E-state index is 0.272. The van der Waals surface area contributed by atoms with Gasteiger partial charge in [0.1, 0.15) is 0 Å². The van der Waals surface area contributed by atoms with E-state index in [-0.39, 0.29) is 5.54 Å². The van der Waals surface area contributed by atoms with E-state index < -0.39 is 5.60 Å². The standard InChI is InChI=1S/C11H21NOS/c12-10(4-2-1-3-5-10)11(13)6-8-14-9-7-11/h13H,1-9,12H2. The Balaban J connectivity index is 2.09. The molecule has 1 saturated carbocycles. The van der Waals surface area contributed by atoms with Crippen LogP contribution in [-0.4, -0.2) is 27.8 Å². The average Bonchev–Trinajstić information content (AvgIpc) is 2.20. The molecule has 2 fully saturated rings. The van der Waals surface area contributed by atoms with Crippen molar-refractivity contribution in [2.45, 2.75) is 56.1 Å². The van der Waals surface area contributed by atoms with Gasteiger partial charge in [-0.05, 0) is 37.2 Å². The highest BCUT2D eigenvalue weighted by Crippen LogP contribution is 2.42. The molecule has 2 rings (SSSR count). The second-order valence-corrected chi connectivity index (χ2v) is 6.09. The van der Waals surface area contributed by atoms with Gasteiger partial charge in [-0.15, -0.1) is 0 Å². The molecule has 0 radical (unpaired) electrons. The molecule has 0 aromatic carbocycles. The third-order valence-electron chi connectivity index (χ3n) is 3.99. The Labute approximate surface area is 90.6 Å². The number of nitrogens with two attached hydrogens (primary N) is 1. The van der Waals surface area contributed by atoms with E-state index in [0.717, 1.165) is 37.2 Å². The largest absolute Gasteiger partial charge is 0.388 e. The van der Waals surface area contributed by atoms with Gasteiger partial charge in [0.2, 0.25) is 0 Å². The summed E-state index contributed by atoms with van der Waals surface area (Å²) < 4.78 is 0. The Kier molecular flexibility index (Phi) is 3.10. The van der Waals surface area contributed by atoms with Crippen molar-refractivity contribution in [2.75, 3.05) is 11.5 Å². The van der Waals surface area contributed by atoms with Crippen LogP contribution in [0.15, 0.2) is 0 Å². The van der Waals surface area contributed by atoms with Crippen LogP contribution in [0.4, 0.5) is 0 Å². The van der Waals surface area contributed by atoms with E-state index in [2.05, 4.69) is 0 Å². The molecule has 82 valence electrons. The molecule has 0 aromatic rings. The number of hydrogen-bond acceptors (Lipinski definition) is 3. The van der Waals surface area contributed by atoms with Gasteiger partial charge in [-0.1, -0.05) is 19.3 Å². The van der Waals surface area contributed by atoms with Crippen molar-refractivity contribution in [3.8, 4) is 0 Å². The first-order valence-corrected chi connectivity index (χ1v) is 6.91. The molecule has 0 unspecified atom stereocenters. The highest BCUT2D eigenvalue weighted by Gasteiger charge is 2.47. The second kappa shape index (κ2) is 4.03. The summed E-state index contributed by atoms with van der Waals surface area (Å²) >= 11 is 1.94. The lowest BCUT2D eigenvalue weighted by Crippen LogP contribution is -2.62. The highest BCUT2D eigenvalue weighted by atomic mass is 32.2. The Morgan fingerprint density at radius 3 is 2.07 bits per heavy atom. The Hall–Kier alpha value is 0.270. The molecule has 1 heterocycles. The summed E-state index contributed by atoms with van der Waals surface area (Å²) in [4.78, 5) is 0. The third kappa shape index (κ3) is 1.82. The van der Waals surface area contributed by atoms with E-state index >= 15 is 0 Å². The summed E-state index contributed by atoms with van der Waals surface area (Å²) in [6.07, 6.45) is 7.53. The van der Waals surface area contributed by atoms with Crippen LogP contribution in [0.1, 0.15) is 44.9 Å². The fourth-order valence-electron chi connectivity index (χ4n) is 2.86. The molecule has 0 aromatic heterocycles. The molecule has 2 nitrogen and oxygen atoms in total. The van der Waals surface area contributed by atoms with Crippen molar-refractivity contribution in [2.24, 2.45) is 5.73 Å². The molecule has 0 spiro atoms. The Bertz CT molecular complexity index is 173. The molecule has 1 aliphatic carbocycles. The molecule has 3 heteroatoms. The predicted molar refractivity (Wildman–Crippen MR) is 61.5 cm³/mol. The third-order valence-corrected chi connectivity index (χ3v) is 4.98. The maximum Gasteiger partial charge on any atom is 0.0842 e. The van der Waals surface area contributed by atoms with Crippen molar-refractivity contribution in [3.63, 3.8) is 0 Å². The summed E-state index contributed by atoms with van der Waals surface area (Å²) in [5.41, 5.74) is 5.58. The summed E-state index contributed by atoms with van der Waals surface area (Å²) in [5, 5.41) is 10.6. The summed E-state index contributed by atoms with van der Waals surface area (Å²) in [6, 6.07) is 0. The van der Waals surface area contributed by atoms with Crippen LogP contribution in [0, 0.1) is 0 Å². The summed E-state index contributed by atoms with van der Waals surface area (Å²) in [6.45, 7) is 0. The van der Waals surface area contributed by atoms with Gasteiger partial charge in [0.15, 0.2) is 0 Å². The van der Waals surface area contributed by atoms with Crippen LogP contribution in [-0.2, 0) is 0 Å². The van der Waals surface area contributed by atoms with Crippen molar-refractivity contribution in [1.82, 2.24) is 0 Å². The van der Waals surface area contributed by atoms with Crippen molar-refractivity contribution >= 4 is 11.8 Å². The van der Waals surface area contributed by atoms with Crippen LogP contribution >= 0.6 is 11.8 Å². The molecule has 0 amide bonds. The lowest BCUT2D eigenvalue weighted by molar-refractivity contribution is -0.0578. The van der Waals surface area contributed by atoms with E-state index in [1.807, 2.05) is 11.8 Å². The lowest BCUT2D eigenvalue weighted by atomic mass is 9.68. The fourth-order valence-corrected chi connectivity index (χ4v) is 4.02. The fraction of sp³-hybridized carbons (Fsp3) is 1.00. The van der Waals surface area contributed by atoms with E-state index in [4.69, 9.17) is 5.73 Å². The van der Waals surface area contributed by atoms with E-state index in [1.165, 1.54) is 19.3 Å². The zero-order valence-corrected chi connectivity index (χ0v) is 9.61. The number of aliphatic hydroxyl groups is 1. The van der Waals surface area contributed by atoms with Gasteiger partial charge in [-0.25, -0.2) is 0 Å². The molecule has 3 N–H and O–H groups in total. The minimum Gasteiger partial charge on any atom is -0.388 e. The smallest absolute Gasteiger partial charge is 0.0842 e. The molecular weight excluding hydrogens is 194 g/mol. The first-order valence-electron chi connectivity index (χ1n) is 5.75. The number of rotatable bonds is 1. The topological polar surface area (TPSA) is 46.2 Å². The van der Waals surface area contributed by atoms with Gasteiger partial charge >= 0.3 is 0 Å². The maximum atomic E-state index is 10.6. The normalized spacial score (nSPS) is 31.3. The van der Waals surface area contributed by atoms with Crippen molar-refractivity contribution < 1.29 is 5.11 Å². The number of thioether (sulfide) groups is 1. The summed E-state index contributed by atoms with van der Waals surface area (Å²) in [5.74, 6) is 2.16. The lowest BCUT2D eigenvalue weighted by Gasteiger charge is -2.49. The summed E-state index contributed by atoms with van der Waals surface area (Å²) in [7, 11) is 0. The van der Waals surface area contributed by atoms with Gasteiger partial charge < -0.3 is 10.8 Å². The van der Waals surface area contributed by atoms with Gasteiger partial charge in [-0.3, -0.25) is 0 Å². The SMILES string of the molecule is NC1(C2(O)CCSCC2)CCCCC1. The van der Waals surface area contributed by atoms with Gasteiger partial charge in [0.25, 0.3) is 0 Å². The quantitative estimate of drug-likeness (QED) is 0.702. The first-order chi connectivity index (χ1) is 6.66. The Morgan fingerprint density at radius 1 is 0.929 bits per heavy atom. The van der Waals surface area contributed by atoms with Gasteiger partial charge in [-0.2, -0.15) is 11.8 Å². The van der Waals surface area contributed by atoms with Crippen LogP contribution in [0.5, 0.6) is 0 Å². The molecule has 0 bridgehead atoms. The van der Waals surface area contributed by atoms with Crippen molar-refractivity contribution in [1.29, 1.82) is 0 Å². The van der Waals surface area contributed by atoms with Gasteiger partial charge in [0, 0.05) is 5.54 Å². The zero-order valence-electron chi connectivity index (χ0n) is 8.80. The van der Waals surface area contributed by atoms with Crippen molar-refractivity contribution in [3.05, 3.63) is 0 Å². The molecule has 1 saturated heterocycles. The monoisotopic (exact) mass is 215 g/mol. The molecule has 14 heavy (non-hydrogen) atoms. The molecule has 1 aliphatic heterocycles. The molecular formula is C11H21NOS. The highest BCUT2D eigenvalue weighted by molar-refractivity contribution is 7.99. The van der Waals surface area contributed by atoms with Crippen LogP contribution in [0.2, 0.25) is 0 Å². The van der Waals surface area contributed by atoms with E-state index in [0.29, 0.717) is 0 Å². The van der Waals surface area contributed by atoms with Crippen LogP contribution in [0.25, 0.3) is 0 Å².